The number of nitrogens with one attached hydrogen (secondary N) is 2. The number of anilines is 1. The molecule has 3 rings (SSSR count). The molecule has 3 nitrogen and oxygen atoms in total. The second-order valence-electron chi connectivity index (χ2n) is 4.24. The van der Waals surface area contributed by atoms with Gasteiger partial charge in [-0.05, 0) is 58.5 Å². The summed E-state index contributed by atoms with van der Waals surface area (Å²) in [5.41, 5.74) is 4.08. The smallest absolute Gasteiger partial charge is 0.195 e. The highest BCUT2D eigenvalue weighted by atomic mass is 79.9. The van der Waals surface area contributed by atoms with E-state index in [-0.39, 0.29) is 0 Å². The highest BCUT2D eigenvalue weighted by Gasteiger charge is 2.15. The predicted molar refractivity (Wildman–Crippen MR) is 70.1 cm³/mol. The molecule has 2 N–H and O–H groups in total. The number of halogens is 1. The van der Waals surface area contributed by atoms with E-state index >= 15 is 0 Å². The molecule has 1 aliphatic carbocycles. The van der Waals surface area contributed by atoms with Gasteiger partial charge in [0.05, 0.1) is 12.2 Å². The fourth-order valence-electron chi connectivity index (χ4n) is 2.30. The van der Waals surface area contributed by atoms with Crippen molar-refractivity contribution in [2.75, 3.05) is 18.4 Å². The second-order valence-corrected chi connectivity index (χ2v) is 5.09. The quantitative estimate of drug-likeness (QED) is 0.828. The molecular formula is C12H14BrN3. The van der Waals surface area contributed by atoms with E-state index in [1.807, 2.05) is 0 Å². The standard InChI is InChI=1S/C12H14BrN3/c13-10-6-8-2-1-3-9(8)7-11(10)16-12-14-4-5-15-12/h6-7H,1-5H2,(H2,14,15,16). The molecule has 16 heavy (non-hydrogen) atoms. The Labute approximate surface area is 103 Å². The lowest BCUT2D eigenvalue weighted by molar-refractivity contribution is 0.912. The number of benzene rings is 1. The maximum atomic E-state index is 4.34. The SMILES string of the molecule is Brc1cc2c(cc1NC1=NCCN1)CCC2. The van der Waals surface area contributed by atoms with E-state index in [1.165, 1.54) is 30.4 Å². The van der Waals surface area contributed by atoms with Gasteiger partial charge >= 0.3 is 0 Å². The summed E-state index contributed by atoms with van der Waals surface area (Å²) in [4.78, 5) is 4.34. The third-order valence-electron chi connectivity index (χ3n) is 3.11. The summed E-state index contributed by atoms with van der Waals surface area (Å²) in [5.74, 6) is 0.888. The molecule has 0 fully saturated rings. The van der Waals surface area contributed by atoms with Crippen molar-refractivity contribution in [1.82, 2.24) is 5.32 Å². The third-order valence-corrected chi connectivity index (χ3v) is 3.76. The Morgan fingerprint density at radius 3 is 2.81 bits per heavy atom. The molecule has 0 saturated carbocycles. The van der Waals surface area contributed by atoms with E-state index in [0.29, 0.717) is 0 Å². The Balaban J connectivity index is 1.89. The van der Waals surface area contributed by atoms with Gasteiger partial charge in [0, 0.05) is 11.0 Å². The second kappa shape index (κ2) is 4.09. The van der Waals surface area contributed by atoms with Crippen molar-refractivity contribution in [2.24, 2.45) is 4.99 Å². The number of guanidine groups is 1. The molecule has 84 valence electrons. The molecule has 1 aliphatic heterocycles. The summed E-state index contributed by atoms with van der Waals surface area (Å²) in [6, 6.07) is 4.48. The number of aliphatic imine (C=N–C) groups is 1. The molecule has 0 unspecified atom stereocenters. The maximum Gasteiger partial charge on any atom is 0.195 e. The lowest BCUT2D eigenvalue weighted by atomic mass is 10.1. The first-order valence-electron chi connectivity index (χ1n) is 5.69. The normalized spacial score (nSPS) is 17.9. The van der Waals surface area contributed by atoms with Crippen molar-refractivity contribution < 1.29 is 0 Å². The molecule has 1 heterocycles. The molecular weight excluding hydrogens is 266 g/mol. The lowest BCUT2D eigenvalue weighted by Gasteiger charge is -2.11. The Morgan fingerprint density at radius 1 is 1.25 bits per heavy atom. The number of fused-ring (bicyclic) bond motifs is 1. The zero-order chi connectivity index (χ0) is 11.0. The minimum atomic E-state index is 0.866. The van der Waals surface area contributed by atoms with Crippen LogP contribution < -0.4 is 10.6 Å². The predicted octanol–water partition coefficient (Wildman–Crippen LogP) is 2.31. The average molecular weight is 280 g/mol. The van der Waals surface area contributed by atoms with Gasteiger partial charge in [-0.1, -0.05) is 0 Å². The summed E-state index contributed by atoms with van der Waals surface area (Å²) < 4.78 is 1.13. The van der Waals surface area contributed by atoms with Gasteiger partial charge in [0.25, 0.3) is 0 Å². The number of hydrogen-bond acceptors (Lipinski definition) is 3. The molecule has 2 aliphatic rings. The summed E-state index contributed by atoms with van der Waals surface area (Å²) in [5, 5.41) is 6.55. The lowest BCUT2D eigenvalue weighted by Crippen LogP contribution is -2.26. The van der Waals surface area contributed by atoms with Crippen LogP contribution in [0.4, 0.5) is 5.69 Å². The monoisotopic (exact) mass is 279 g/mol. The highest BCUT2D eigenvalue weighted by Crippen LogP contribution is 2.31. The minimum Gasteiger partial charge on any atom is -0.354 e. The van der Waals surface area contributed by atoms with Crippen LogP contribution in [0.2, 0.25) is 0 Å². The van der Waals surface area contributed by atoms with E-state index in [2.05, 4.69) is 43.7 Å². The summed E-state index contributed by atoms with van der Waals surface area (Å²) in [6.07, 6.45) is 3.70. The van der Waals surface area contributed by atoms with Crippen molar-refractivity contribution in [3.8, 4) is 0 Å². The van der Waals surface area contributed by atoms with Gasteiger partial charge in [0.1, 0.15) is 0 Å². The topological polar surface area (TPSA) is 36.4 Å². The van der Waals surface area contributed by atoms with Gasteiger partial charge in [-0.3, -0.25) is 4.99 Å². The Morgan fingerprint density at radius 2 is 2.06 bits per heavy atom. The van der Waals surface area contributed by atoms with Gasteiger partial charge in [0.15, 0.2) is 5.96 Å². The van der Waals surface area contributed by atoms with Crippen molar-refractivity contribution >= 4 is 27.6 Å². The minimum absolute atomic E-state index is 0.866. The van der Waals surface area contributed by atoms with Crippen LogP contribution in [0.1, 0.15) is 17.5 Å². The van der Waals surface area contributed by atoms with Crippen LogP contribution in [-0.4, -0.2) is 19.0 Å². The molecule has 0 spiro atoms. The Bertz CT molecular complexity index is 454. The number of nitrogens with zero attached hydrogens (tertiary/aromatic N) is 1. The Kier molecular flexibility index (Phi) is 2.59. The maximum absolute atomic E-state index is 4.34. The molecule has 0 aromatic heterocycles. The first-order valence-corrected chi connectivity index (χ1v) is 6.49. The summed E-state index contributed by atoms with van der Waals surface area (Å²) >= 11 is 3.61. The van der Waals surface area contributed by atoms with Crippen LogP contribution in [0.5, 0.6) is 0 Å². The number of hydrogen-bond donors (Lipinski definition) is 2. The van der Waals surface area contributed by atoms with Gasteiger partial charge in [0.2, 0.25) is 0 Å². The first-order chi connectivity index (χ1) is 7.83. The van der Waals surface area contributed by atoms with Crippen molar-refractivity contribution in [1.29, 1.82) is 0 Å². The van der Waals surface area contributed by atoms with Crippen molar-refractivity contribution in [3.05, 3.63) is 27.7 Å². The first kappa shape index (κ1) is 10.1. The van der Waals surface area contributed by atoms with E-state index in [0.717, 1.165) is 29.2 Å². The van der Waals surface area contributed by atoms with E-state index in [4.69, 9.17) is 0 Å². The number of rotatable bonds is 1. The molecule has 1 aromatic carbocycles. The molecule has 0 bridgehead atoms. The largest absolute Gasteiger partial charge is 0.354 e. The van der Waals surface area contributed by atoms with Gasteiger partial charge in [-0.15, -0.1) is 0 Å². The molecule has 0 atom stereocenters. The molecule has 0 amide bonds. The van der Waals surface area contributed by atoms with Gasteiger partial charge in [-0.2, -0.15) is 0 Å². The van der Waals surface area contributed by atoms with Gasteiger partial charge < -0.3 is 10.6 Å². The van der Waals surface area contributed by atoms with E-state index in [9.17, 15) is 0 Å². The summed E-state index contributed by atoms with van der Waals surface area (Å²) in [6.45, 7) is 1.80. The van der Waals surface area contributed by atoms with Crippen LogP contribution in [0.25, 0.3) is 0 Å². The summed E-state index contributed by atoms with van der Waals surface area (Å²) in [7, 11) is 0. The fourth-order valence-corrected chi connectivity index (χ4v) is 2.79. The van der Waals surface area contributed by atoms with Crippen LogP contribution >= 0.6 is 15.9 Å². The van der Waals surface area contributed by atoms with Crippen LogP contribution in [0, 0.1) is 0 Å². The fraction of sp³-hybridized carbons (Fsp3) is 0.417. The van der Waals surface area contributed by atoms with E-state index < -0.39 is 0 Å². The van der Waals surface area contributed by atoms with Crippen molar-refractivity contribution in [2.45, 2.75) is 19.3 Å². The zero-order valence-electron chi connectivity index (χ0n) is 9.02. The van der Waals surface area contributed by atoms with Crippen LogP contribution in [0.15, 0.2) is 21.6 Å². The van der Waals surface area contributed by atoms with Gasteiger partial charge in [-0.25, -0.2) is 0 Å². The van der Waals surface area contributed by atoms with Crippen molar-refractivity contribution in [3.63, 3.8) is 0 Å². The zero-order valence-corrected chi connectivity index (χ0v) is 10.6. The Hall–Kier alpha value is -1.03. The highest BCUT2D eigenvalue weighted by molar-refractivity contribution is 9.10. The molecule has 0 radical (unpaired) electrons. The number of aryl methyl sites for hydroxylation is 2. The van der Waals surface area contributed by atoms with Crippen LogP contribution in [0.3, 0.4) is 0 Å². The molecule has 4 heteroatoms. The van der Waals surface area contributed by atoms with E-state index in [1.54, 1.807) is 0 Å². The average Bonchev–Trinajstić information content (AvgIpc) is 2.89. The van der Waals surface area contributed by atoms with Crippen LogP contribution in [-0.2, 0) is 12.8 Å². The molecule has 0 saturated heterocycles. The third kappa shape index (κ3) is 1.82. The molecule has 1 aromatic rings.